The van der Waals surface area contributed by atoms with E-state index in [4.69, 9.17) is 16.1 Å². The molecule has 0 fully saturated rings. The van der Waals surface area contributed by atoms with Gasteiger partial charge in [0, 0.05) is 7.11 Å². The Bertz CT molecular complexity index is 271. The van der Waals surface area contributed by atoms with Crippen LogP contribution in [0.5, 0.6) is 0 Å². The van der Waals surface area contributed by atoms with Crippen molar-refractivity contribution >= 4 is 13.6 Å². The molecular weight excluding hydrogens is 225 g/mol. The van der Waals surface area contributed by atoms with E-state index in [1.807, 2.05) is 0 Å². The summed E-state index contributed by atoms with van der Waals surface area (Å²) in [6, 6.07) is -1.20. The molecule has 0 saturated carbocycles. The van der Waals surface area contributed by atoms with Gasteiger partial charge in [-0.1, -0.05) is 0 Å². The summed E-state index contributed by atoms with van der Waals surface area (Å²) >= 11 is 0. The van der Waals surface area contributed by atoms with Crippen molar-refractivity contribution in [1.29, 1.82) is 0 Å². The second kappa shape index (κ2) is 5.05. The molecule has 0 heterocycles. The van der Waals surface area contributed by atoms with Crippen LogP contribution in [0.1, 0.15) is 20.3 Å². The highest BCUT2D eigenvalue weighted by atomic mass is 31.2. The molecule has 0 saturated heterocycles. The summed E-state index contributed by atoms with van der Waals surface area (Å²) in [4.78, 5) is 10.5. The van der Waals surface area contributed by atoms with Crippen LogP contribution in [0.4, 0.5) is 0 Å². The minimum absolute atomic E-state index is 0.145. The minimum atomic E-state index is -3.77. The first-order valence-electron chi connectivity index (χ1n) is 4.17. The van der Waals surface area contributed by atoms with Crippen molar-refractivity contribution < 1.29 is 28.9 Å². The third-order valence-electron chi connectivity index (χ3n) is 2.13. The molecule has 0 aromatic heterocycles. The Hall–Kier alpha value is -0.460. The van der Waals surface area contributed by atoms with Crippen molar-refractivity contribution in [3.05, 3.63) is 0 Å². The van der Waals surface area contributed by atoms with Gasteiger partial charge in [0.15, 0.2) is 0 Å². The fraction of sp³-hybridized carbons (Fsp3) is 0.857. The molecule has 0 aromatic rings. The van der Waals surface area contributed by atoms with Crippen LogP contribution in [0, 0.1) is 0 Å². The average Bonchev–Trinajstić information content (AvgIpc) is 2.15. The maximum absolute atomic E-state index is 11.8. The van der Waals surface area contributed by atoms with Crippen LogP contribution in [0.15, 0.2) is 0 Å². The molecule has 7 nitrogen and oxygen atoms in total. The molecule has 0 aliphatic carbocycles. The van der Waals surface area contributed by atoms with E-state index in [0.717, 1.165) is 7.11 Å². The molecule has 15 heavy (non-hydrogen) atoms. The molecule has 0 aromatic carbocycles. The number of carbonyl (C=O) groups is 1. The number of carboxylic acids is 1. The van der Waals surface area contributed by atoms with E-state index < -0.39 is 24.8 Å². The second-order valence-corrected chi connectivity index (χ2v) is 6.46. The van der Waals surface area contributed by atoms with Gasteiger partial charge in [-0.05, 0) is 20.3 Å². The number of aliphatic carboxylic acids is 1. The molecule has 0 radical (unpaired) electrons. The van der Waals surface area contributed by atoms with E-state index in [9.17, 15) is 9.36 Å². The van der Waals surface area contributed by atoms with Crippen LogP contribution >= 0.6 is 7.60 Å². The van der Waals surface area contributed by atoms with E-state index in [1.165, 1.54) is 13.8 Å². The number of hydrogen-bond acceptors (Lipinski definition) is 6. The van der Waals surface area contributed by atoms with Crippen LogP contribution < -0.4 is 5.73 Å². The standard InChI is InChI=1S/C7H16NO6P/c1-7(2,4-5(8)6(9)10)15(12,13-3)14-11/h5,11H,4,8H2,1-3H3,(H,9,10)/t5-,15?/m0/s1. The van der Waals surface area contributed by atoms with Crippen molar-refractivity contribution in [1.82, 2.24) is 0 Å². The van der Waals surface area contributed by atoms with Crippen molar-refractivity contribution in [2.75, 3.05) is 7.11 Å². The summed E-state index contributed by atoms with van der Waals surface area (Å²) in [6.45, 7) is 2.88. The van der Waals surface area contributed by atoms with Crippen molar-refractivity contribution in [2.24, 2.45) is 5.73 Å². The first kappa shape index (κ1) is 14.5. The zero-order chi connectivity index (χ0) is 12.3. The van der Waals surface area contributed by atoms with Gasteiger partial charge in [-0.2, -0.15) is 4.67 Å². The fourth-order valence-corrected chi connectivity index (χ4v) is 2.33. The third kappa shape index (κ3) is 3.25. The quantitative estimate of drug-likeness (QED) is 0.359. The summed E-state index contributed by atoms with van der Waals surface area (Å²) < 4.78 is 20.2. The van der Waals surface area contributed by atoms with Gasteiger partial charge in [-0.3, -0.25) is 9.36 Å². The molecule has 4 N–H and O–H groups in total. The molecule has 0 bridgehead atoms. The van der Waals surface area contributed by atoms with Gasteiger partial charge in [0.25, 0.3) is 0 Å². The lowest BCUT2D eigenvalue weighted by Gasteiger charge is -2.30. The van der Waals surface area contributed by atoms with Gasteiger partial charge in [0.1, 0.15) is 6.04 Å². The van der Waals surface area contributed by atoms with Crippen molar-refractivity contribution in [3.8, 4) is 0 Å². The van der Waals surface area contributed by atoms with E-state index in [1.54, 1.807) is 0 Å². The van der Waals surface area contributed by atoms with E-state index >= 15 is 0 Å². The van der Waals surface area contributed by atoms with Crippen molar-refractivity contribution in [3.63, 3.8) is 0 Å². The van der Waals surface area contributed by atoms with Crippen LogP contribution in [-0.4, -0.2) is 34.6 Å². The molecular formula is C7H16NO6P. The Morgan fingerprint density at radius 1 is 1.60 bits per heavy atom. The summed E-state index contributed by atoms with van der Waals surface area (Å²) in [5.74, 6) is -1.22. The van der Waals surface area contributed by atoms with Gasteiger partial charge >= 0.3 is 13.6 Å². The monoisotopic (exact) mass is 241 g/mol. The van der Waals surface area contributed by atoms with Gasteiger partial charge in [0.2, 0.25) is 0 Å². The topological polar surface area (TPSA) is 119 Å². The highest BCUT2D eigenvalue weighted by molar-refractivity contribution is 7.55. The lowest BCUT2D eigenvalue weighted by Crippen LogP contribution is -2.38. The predicted octanol–water partition coefficient (Wildman–Crippen LogP) is 0.896. The average molecular weight is 241 g/mol. The Kier molecular flexibility index (Phi) is 4.89. The summed E-state index contributed by atoms with van der Waals surface area (Å²) in [5.41, 5.74) is 5.30. The largest absolute Gasteiger partial charge is 0.480 e. The van der Waals surface area contributed by atoms with Crippen LogP contribution in [0.2, 0.25) is 0 Å². The normalized spacial score (nSPS) is 18.2. The molecule has 90 valence electrons. The van der Waals surface area contributed by atoms with E-state index in [-0.39, 0.29) is 6.42 Å². The molecule has 8 heteroatoms. The maximum atomic E-state index is 11.8. The fourth-order valence-electron chi connectivity index (χ4n) is 1.13. The number of hydrogen-bond donors (Lipinski definition) is 3. The highest BCUT2D eigenvalue weighted by Gasteiger charge is 2.45. The van der Waals surface area contributed by atoms with Crippen LogP contribution in [0.25, 0.3) is 0 Å². The number of nitrogens with two attached hydrogens (primary N) is 1. The first-order chi connectivity index (χ1) is 6.70. The molecule has 0 amide bonds. The first-order valence-corrected chi connectivity index (χ1v) is 5.72. The lowest BCUT2D eigenvalue weighted by atomic mass is 10.0. The molecule has 2 atom stereocenters. The van der Waals surface area contributed by atoms with Gasteiger partial charge in [0.05, 0.1) is 5.16 Å². The lowest BCUT2D eigenvalue weighted by molar-refractivity contribution is -0.151. The summed E-state index contributed by atoms with van der Waals surface area (Å²) in [6.07, 6.45) is -0.145. The Morgan fingerprint density at radius 3 is 2.33 bits per heavy atom. The molecule has 0 aliphatic heterocycles. The van der Waals surface area contributed by atoms with E-state index in [0.29, 0.717) is 0 Å². The Labute approximate surface area is 87.6 Å². The van der Waals surface area contributed by atoms with Crippen molar-refractivity contribution in [2.45, 2.75) is 31.5 Å². The zero-order valence-corrected chi connectivity index (χ0v) is 9.73. The summed E-state index contributed by atoms with van der Waals surface area (Å²) in [5, 5.41) is 15.9. The minimum Gasteiger partial charge on any atom is -0.480 e. The van der Waals surface area contributed by atoms with Gasteiger partial charge in [-0.25, -0.2) is 5.26 Å². The Morgan fingerprint density at radius 2 is 2.07 bits per heavy atom. The SMILES string of the molecule is COP(=O)(OO)C(C)(C)C[C@H](N)C(=O)O. The molecule has 0 rings (SSSR count). The van der Waals surface area contributed by atoms with E-state index in [2.05, 4.69) is 9.20 Å². The van der Waals surface area contributed by atoms with Crippen LogP contribution in [0.3, 0.4) is 0 Å². The van der Waals surface area contributed by atoms with Crippen LogP contribution in [-0.2, 0) is 18.6 Å². The second-order valence-electron chi connectivity index (χ2n) is 3.72. The maximum Gasteiger partial charge on any atom is 0.362 e. The molecule has 0 aliphatic rings. The third-order valence-corrected chi connectivity index (χ3v) is 4.49. The Balaban J connectivity index is 4.81. The molecule has 0 spiro atoms. The number of carboxylic acid groups (broad SMARTS) is 1. The zero-order valence-electron chi connectivity index (χ0n) is 8.84. The van der Waals surface area contributed by atoms with Gasteiger partial charge < -0.3 is 15.4 Å². The smallest absolute Gasteiger partial charge is 0.362 e. The highest BCUT2D eigenvalue weighted by Crippen LogP contribution is 2.60. The molecule has 1 unspecified atom stereocenters. The predicted molar refractivity (Wildman–Crippen MR) is 52.6 cm³/mol. The summed E-state index contributed by atoms with van der Waals surface area (Å²) in [7, 11) is -2.66. The number of rotatable bonds is 6. The van der Waals surface area contributed by atoms with Gasteiger partial charge in [-0.15, -0.1) is 0 Å².